The van der Waals surface area contributed by atoms with E-state index in [1.165, 1.54) is 6.20 Å². The zero-order valence-electron chi connectivity index (χ0n) is 13.1. The van der Waals surface area contributed by atoms with E-state index >= 15 is 0 Å². The van der Waals surface area contributed by atoms with Gasteiger partial charge < -0.3 is 15.4 Å². The maximum atomic E-state index is 12.5. The van der Waals surface area contributed by atoms with Crippen molar-refractivity contribution in [1.82, 2.24) is 19.9 Å². The Balaban J connectivity index is 1.69. The normalized spacial score (nSPS) is 16.7. The number of hydrogen-bond acceptors (Lipinski definition) is 4. The van der Waals surface area contributed by atoms with E-state index in [-0.39, 0.29) is 18.0 Å². The molecule has 1 aliphatic carbocycles. The fourth-order valence-corrected chi connectivity index (χ4v) is 3.39. The minimum Gasteiger partial charge on any atom is -0.388 e. The van der Waals surface area contributed by atoms with Crippen molar-refractivity contribution in [3.63, 3.8) is 0 Å². The number of carbonyl (C=O) groups excluding carboxylic acids is 1. The van der Waals surface area contributed by atoms with E-state index in [0.29, 0.717) is 35.0 Å². The first-order valence-electron chi connectivity index (χ1n) is 8.07. The topological polar surface area (TPSA) is 99.5 Å². The fourth-order valence-electron chi connectivity index (χ4n) is 3.39. The number of fused-ring (bicyclic) bond motifs is 3. The molecule has 7 nitrogen and oxygen atoms in total. The van der Waals surface area contributed by atoms with Crippen LogP contribution in [0.2, 0.25) is 0 Å². The largest absolute Gasteiger partial charge is 0.388 e. The minimum atomic E-state index is -0.821. The van der Waals surface area contributed by atoms with Gasteiger partial charge in [-0.3, -0.25) is 9.59 Å². The number of para-hydroxylation sites is 1. The molecule has 1 fully saturated rings. The van der Waals surface area contributed by atoms with Gasteiger partial charge in [0.05, 0.1) is 22.7 Å². The lowest BCUT2D eigenvalue weighted by atomic mass is 10.0. The number of hydrogen-bond donors (Lipinski definition) is 3. The van der Waals surface area contributed by atoms with E-state index in [4.69, 9.17) is 0 Å². The number of aromatic amines is 1. The highest BCUT2D eigenvalue weighted by Crippen LogP contribution is 2.28. The van der Waals surface area contributed by atoms with Crippen LogP contribution in [0.1, 0.15) is 36.0 Å². The van der Waals surface area contributed by atoms with E-state index in [2.05, 4.69) is 15.4 Å². The molecule has 1 saturated carbocycles. The molecule has 0 saturated heterocycles. The van der Waals surface area contributed by atoms with Gasteiger partial charge in [0.1, 0.15) is 11.2 Å². The third-order valence-electron chi connectivity index (χ3n) is 4.73. The lowest BCUT2D eigenvalue weighted by molar-refractivity contribution is 0.0450. The number of amides is 1. The lowest BCUT2D eigenvalue weighted by Gasteiger charge is -2.22. The van der Waals surface area contributed by atoms with Crippen LogP contribution < -0.4 is 10.9 Å². The van der Waals surface area contributed by atoms with Crippen LogP contribution in [0, 0.1) is 0 Å². The van der Waals surface area contributed by atoms with Gasteiger partial charge in [-0.05, 0) is 25.0 Å². The van der Waals surface area contributed by atoms with Crippen molar-refractivity contribution >= 4 is 22.5 Å². The van der Waals surface area contributed by atoms with Crippen molar-refractivity contribution in [3.05, 3.63) is 46.4 Å². The number of carbonyl (C=O) groups is 1. The third kappa shape index (κ3) is 2.37. The third-order valence-corrected chi connectivity index (χ3v) is 4.73. The van der Waals surface area contributed by atoms with Crippen LogP contribution in [-0.4, -0.2) is 37.8 Å². The molecular weight excluding hydrogens is 308 g/mol. The Morgan fingerprint density at radius 3 is 2.88 bits per heavy atom. The Bertz CT molecular complexity index is 982. The average Bonchev–Trinajstić information content (AvgIpc) is 3.20. The molecular formula is C17H18N4O3. The van der Waals surface area contributed by atoms with Gasteiger partial charge in [-0.2, -0.15) is 5.10 Å². The maximum absolute atomic E-state index is 12.5. The summed E-state index contributed by atoms with van der Waals surface area (Å²) >= 11 is 0. The van der Waals surface area contributed by atoms with E-state index < -0.39 is 5.60 Å². The van der Waals surface area contributed by atoms with Gasteiger partial charge in [-0.15, -0.1) is 0 Å². The molecule has 24 heavy (non-hydrogen) atoms. The Hall–Kier alpha value is -2.67. The summed E-state index contributed by atoms with van der Waals surface area (Å²) in [7, 11) is 0. The molecule has 2 aromatic heterocycles. The number of rotatable bonds is 3. The Morgan fingerprint density at radius 1 is 1.33 bits per heavy atom. The SMILES string of the molecule is O=C(NCC1(O)CCCC1)c1cnn2c1[nH]c(=O)c1ccccc12. The molecule has 0 radical (unpaired) electrons. The Labute approximate surface area is 137 Å². The van der Waals surface area contributed by atoms with Crippen LogP contribution >= 0.6 is 0 Å². The highest BCUT2D eigenvalue weighted by atomic mass is 16.3. The van der Waals surface area contributed by atoms with Crippen molar-refractivity contribution in [2.24, 2.45) is 0 Å². The Kier molecular flexibility index (Phi) is 3.38. The molecule has 0 spiro atoms. The zero-order chi connectivity index (χ0) is 16.7. The second kappa shape index (κ2) is 5.45. The van der Waals surface area contributed by atoms with Gasteiger partial charge in [-0.1, -0.05) is 25.0 Å². The van der Waals surface area contributed by atoms with E-state index in [0.717, 1.165) is 12.8 Å². The first-order valence-corrected chi connectivity index (χ1v) is 8.07. The van der Waals surface area contributed by atoms with E-state index in [1.54, 1.807) is 22.7 Å². The number of nitrogens with one attached hydrogen (secondary N) is 2. The fraction of sp³-hybridized carbons (Fsp3) is 0.353. The van der Waals surface area contributed by atoms with Crippen LogP contribution in [0.4, 0.5) is 0 Å². The summed E-state index contributed by atoms with van der Waals surface area (Å²) in [5.74, 6) is -0.351. The summed E-state index contributed by atoms with van der Waals surface area (Å²) in [5.41, 5.74) is 0.208. The van der Waals surface area contributed by atoms with E-state index in [9.17, 15) is 14.7 Å². The second-order valence-electron chi connectivity index (χ2n) is 6.40. The van der Waals surface area contributed by atoms with Crippen LogP contribution in [0.3, 0.4) is 0 Å². The van der Waals surface area contributed by atoms with Crippen LogP contribution in [0.5, 0.6) is 0 Å². The standard InChI is InChI=1S/C17H18N4O3/c22-15(18-10-17(24)7-3-4-8-17)12-9-19-21-13-6-2-1-5-11(13)16(23)20-14(12)21/h1-2,5-6,9,24H,3-4,7-8,10H2,(H,18,22)(H,20,23). The van der Waals surface area contributed by atoms with Gasteiger partial charge in [0, 0.05) is 6.54 Å². The summed E-state index contributed by atoms with van der Waals surface area (Å²) in [6, 6.07) is 7.10. The summed E-state index contributed by atoms with van der Waals surface area (Å²) in [6.07, 6.45) is 4.78. The second-order valence-corrected chi connectivity index (χ2v) is 6.40. The molecule has 124 valence electrons. The number of H-pyrrole nitrogens is 1. The molecule has 0 unspecified atom stereocenters. The van der Waals surface area contributed by atoms with Gasteiger partial charge >= 0.3 is 0 Å². The van der Waals surface area contributed by atoms with Gasteiger partial charge in [0.25, 0.3) is 11.5 Å². The average molecular weight is 326 g/mol. The van der Waals surface area contributed by atoms with Crippen molar-refractivity contribution in [3.8, 4) is 0 Å². The minimum absolute atomic E-state index is 0.209. The molecule has 2 heterocycles. The monoisotopic (exact) mass is 326 g/mol. The molecule has 0 bridgehead atoms. The molecule has 3 aromatic rings. The molecule has 0 atom stereocenters. The molecule has 4 rings (SSSR count). The highest BCUT2D eigenvalue weighted by Gasteiger charge is 2.31. The molecule has 1 amide bonds. The van der Waals surface area contributed by atoms with Gasteiger partial charge in [0.2, 0.25) is 0 Å². The summed E-state index contributed by atoms with van der Waals surface area (Å²) in [5, 5.41) is 17.8. The first kappa shape index (κ1) is 14.9. The molecule has 3 N–H and O–H groups in total. The Morgan fingerprint density at radius 2 is 2.08 bits per heavy atom. The molecule has 1 aromatic carbocycles. The molecule has 0 aliphatic heterocycles. The van der Waals surface area contributed by atoms with Gasteiger partial charge in [0.15, 0.2) is 0 Å². The summed E-state index contributed by atoms with van der Waals surface area (Å²) < 4.78 is 1.55. The van der Waals surface area contributed by atoms with Crippen LogP contribution in [0.15, 0.2) is 35.3 Å². The highest BCUT2D eigenvalue weighted by molar-refractivity contribution is 6.00. The van der Waals surface area contributed by atoms with E-state index in [1.807, 2.05) is 6.07 Å². The number of aromatic nitrogens is 3. The zero-order valence-corrected chi connectivity index (χ0v) is 13.1. The summed E-state index contributed by atoms with van der Waals surface area (Å²) in [4.78, 5) is 27.4. The van der Waals surface area contributed by atoms with Crippen LogP contribution in [0.25, 0.3) is 16.6 Å². The number of benzene rings is 1. The molecule has 1 aliphatic rings. The van der Waals surface area contributed by atoms with Gasteiger partial charge in [-0.25, -0.2) is 4.52 Å². The van der Waals surface area contributed by atoms with Crippen molar-refractivity contribution in [2.75, 3.05) is 6.54 Å². The van der Waals surface area contributed by atoms with Crippen LogP contribution in [-0.2, 0) is 0 Å². The maximum Gasteiger partial charge on any atom is 0.259 e. The molecule has 7 heteroatoms. The lowest BCUT2D eigenvalue weighted by Crippen LogP contribution is -2.40. The first-order chi connectivity index (χ1) is 11.6. The van der Waals surface area contributed by atoms with Crippen molar-refractivity contribution in [1.29, 1.82) is 0 Å². The number of aliphatic hydroxyl groups is 1. The van der Waals surface area contributed by atoms with Crippen molar-refractivity contribution < 1.29 is 9.90 Å². The predicted molar refractivity (Wildman–Crippen MR) is 89.1 cm³/mol. The smallest absolute Gasteiger partial charge is 0.259 e. The summed E-state index contributed by atoms with van der Waals surface area (Å²) in [6.45, 7) is 0.209. The predicted octanol–water partition coefficient (Wildman–Crippen LogP) is 1.21. The van der Waals surface area contributed by atoms with Crippen molar-refractivity contribution in [2.45, 2.75) is 31.3 Å². The quantitative estimate of drug-likeness (QED) is 0.673. The number of nitrogens with zero attached hydrogens (tertiary/aromatic N) is 2.